The molecular formula is C10H11FN2. The minimum absolute atomic E-state index is 0.230. The molecule has 0 bridgehead atoms. The number of halogens is 1. The van der Waals surface area contributed by atoms with Crippen molar-refractivity contribution in [3.63, 3.8) is 0 Å². The lowest BCUT2D eigenvalue weighted by Crippen LogP contribution is -2.09. The highest BCUT2D eigenvalue weighted by atomic mass is 19.1. The fraction of sp³-hybridized carbons (Fsp3) is 0.300. The Balaban J connectivity index is 2.96. The lowest BCUT2D eigenvalue weighted by atomic mass is 10.2. The first-order valence-corrected chi connectivity index (χ1v) is 4.09. The second-order valence-corrected chi connectivity index (χ2v) is 3.14. The van der Waals surface area contributed by atoms with Crippen molar-refractivity contribution >= 4 is 5.69 Å². The summed E-state index contributed by atoms with van der Waals surface area (Å²) >= 11 is 0. The Labute approximate surface area is 77.0 Å². The van der Waals surface area contributed by atoms with E-state index in [-0.39, 0.29) is 11.9 Å². The van der Waals surface area contributed by atoms with Crippen molar-refractivity contribution in [2.75, 3.05) is 5.32 Å². The van der Waals surface area contributed by atoms with E-state index in [2.05, 4.69) is 5.32 Å². The molecule has 0 saturated heterocycles. The van der Waals surface area contributed by atoms with Gasteiger partial charge in [0.25, 0.3) is 0 Å². The maximum atomic E-state index is 12.9. The van der Waals surface area contributed by atoms with Crippen LogP contribution in [0.15, 0.2) is 18.2 Å². The summed E-state index contributed by atoms with van der Waals surface area (Å²) in [4.78, 5) is 0. The van der Waals surface area contributed by atoms with Gasteiger partial charge in [0.1, 0.15) is 5.82 Å². The van der Waals surface area contributed by atoms with Crippen LogP contribution in [-0.4, -0.2) is 6.04 Å². The summed E-state index contributed by atoms with van der Waals surface area (Å²) in [5.41, 5.74) is 0.981. The summed E-state index contributed by atoms with van der Waals surface area (Å²) in [6.07, 6.45) is 0. The van der Waals surface area contributed by atoms with Gasteiger partial charge in [-0.1, -0.05) is 0 Å². The van der Waals surface area contributed by atoms with E-state index < -0.39 is 0 Å². The number of nitrogens with one attached hydrogen (secondary N) is 1. The number of benzene rings is 1. The Morgan fingerprint density at radius 1 is 1.38 bits per heavy atom. The monoisotopic (exact) mass is 178 g/mol. The summed E-state index contributed by atoms with van der Waals surface area (Å²) in [5, 5.41) is 11.6. The second kappa shape index (κ2) is 3.90. The number of rotatable bonds is 2. The molecule has 1 N–H and O–H groups in total. The quantitative estimate of drug-likeness (QED) is 0.755. The number of nitriles is 1. The number of hydrogen-bond donors (Lipinski definition) is 1. The molecule has 0 saturated carbocycles. The van der Waals surface area contributed by atoms with Crippen LogP contribution < -0.4 is 5.32 Å². The average Bonchev–Trinajstić information content (AvgIpc) is 2.01. The van der Waals surface area contributed by atoms with Gasteiger partial charge >= 0.3 is 0 Å². The molecule has 3 heteroatoms. The Morgan fingerprint density at radius 2 is 2.08 bits per heavy atom. The molecule has 1 aromatic rings. The largest absolute Gasteiger partial charge is 0.383 e. The molecule has 13 heavy (non-hydrogen) atoms. The van der Waals surface area contributed by atoms with Crippen molar-refractivity contribution in [2.24, 2.45) is 0 Å². The van der Waals surface area contributed by atoms with Crippen LogP contribution in [0, 0.1) is 17.1 Å². The van der Waals surface area contributed by atoms with Crippen LogP contribution in [0.25, 0.3) is 0 Å². The van der Waals surface area contributed by atoms with Gasteiger partial charge in [0.2, 0.25) is 0 Å². The van der Waals surface area contributed by atoms with Gasteiger partial charge in [0, 0.05) is 11.7 Å². The first kappa shape index (κ1) is 9.53. The molecular weight excluding hydrogens is 167 g/mol. The van der Waals surface area contributed by atoms with E-state index >= 15 is 0 Å². The van der Waals surface area contributed by atoms with Gasteiger partial charge in [-0.05, 0) is 32.0 Å². The van der Waals surface area contributed by atoms with E-state index in [9.17, 15) is 4.39 Å². The molecule has 0 heterocycles. The summed E-state index contributed by atoms with van der Waals surface area (Å²) in [7, 11) is 0. The molecule has 0 fully saturated rings. The Bertz CT molecular complexity index is 339. The van der Waals surface area contributed by atoms with Crippen molar-refractivity contribution in [1.29, 1.82) is 5.26 Å². The summed E-state index contributed by atoms with van der Waals surface area (Å²) in [6, 6.07) is 6.35. The van der Waals surface area contributed by atoms with E-state index in [1.54, 1.807) is 6.07 Å². The molecule has 0 radical (unpaired) electrons. The van der Waals surface area contributed by atoms with Gasteiger partial charge in [0.05, 0.1) is 11.6 Å². The number of nitrogens with zero attached hydrogens (tertiary/aromatic N) is 1. The normalized spacial score (nSPS) is 9.77. The van der Waals surface area contributed by atoms with Gasteiger partial charge in [-0.25, -0.2) is 4.39 Å². The predicted octanol–water partition coefficient (Wildman–Crippen LogP) is 2.52. The third kappa shape index (κ3) is 2.75. The summed E-state index contributed by atoms with van der Waals surface area (Å²) in [5.74, 6) is -0.387. The van der Waals surface area contributed by atoms with Crippen molar-refractivity contribution in [1.82, 2.24) is 0 Å². The van der Waals surface area contributed by atoms with Gasteiger partial charge < -0.3 is 5.32 Å². The van der Waals surface area contributed by atoms with Crippen LogP contribution in [0.1, 0.15) is 19.4 Å². The molecule has 68 valence electrons. The fourth-order valence-corrected chi connectivity index (χ4v) is 1.07. The first-order valence-electron chi connectivity index (χ1n) is 4.09. The molecule has 0 aliphatic carbocycles. The fourth-order valence-electron chi connectivity index (χ4n) is 1.07. The summed E-state index contributed by atoms with van der Waals surface area (Å²) in [6.45, 7) is 3.91. The van der Waals surface area contributed by atoms with Crippen molar-refractivity contribution in [3.05, 3.63) is 29.6 Å². The van der Waals surface area contributed by atoms with Crippen molar-refractivity contribution in [3.8, 4) is 6.07 Å². The van der Waals surface area contributed by atoms with Crippen molar-refractivity contribution in [2.45, 2.75) is 19.9 Å². The third-order valence-corrected chi connectivity index (χ3v) is 1.48. The van der Waals surface area contributed by atoms with E-state index in [1.807, 2.05) is 19.9 Å². The molecule has 0 spiro atoms. The lowest BCUT2D eigenvalue weighted by molar-refractivity contribution is 0.627. The van der Waals surface area contributed by atoms with Crippen LogP contribution in [-0.2, 0) is 0 Å². The maximum absolute atomic E-state index is 12.9. The van der Waals surface area contributed by atoms with Gasteiger partial charge in [0.15, 0.2) is 0 Å². The van der Waals surface area contributed by atoms with Crippen LogP contribution in [0.3, 0.4) is 0 Å². The molecule has 1 rings (SSSR count). The Hall–Kier alpha value is -1.56. The van der Waals surface area contributed by atoms with E-state index in [0.29, 0.717) is 11.3 Å². The van der Waals surface area contributed by atoms with Crippen LogP contribution >= 0.6 is 0 Å². The van der Waals surface area contributed by atoms with Gasteiger partial charge in [-0.2, -0.15) is 5.26 Å². The minimum atomic E-state index is -0.387. The molecule has 1 aromatic carbocycles. The zero-order chi connectivity index (χ0) is 9.84. The smallest absolute Gasteiger partial charge is 0.126 e. The highest BCUT2D eigenvalue weighted by Crippen LogP contribution is 2.14. The Morgan fingerprint density at radius 3 is 2.62 bits per heavy atom. The number of hydrogen-bond acceptors (Lipinski definition) is 2. The molecule has 0 aliphatic rings. The van der Waals surface area contributed by atoms with Gasteiger partial charge in [-0.15, -0.1) is 0 Å². The molecule has 0 aliphatic heterocycles. The Kier molecular flexibility index (Phi) is 2.86. The zero-order valence-corrected chi connectivity index (χ0v) is 7.63. The predicted molar refractivity (Wildman–Crippen MR) is 49.9 cm³/mol. The van der Waals surface area contributed by atoms with E-state index in [4.69, 9.17) is 5.26 Å². The molecule has 2 nitrogen and oxygen atoms in total. The lowest BCUT2D eigenvalue weighted by Gasteiger charge is -2.09. The minimum Gasteiger partial charge on any atom is -0.383 e. The number of anilines is 1. The third-order valence-electron chi connectivity index (χ3n) is 1.48. The van der Waals surface area contributed by atoms with E-state index in [1.165, 1.54) is 12.1 Å². The van der Waals surface area contributed by atoms with Crippen LogP contribution in [0.5, 0.6) is 0 Å². The van der Waals surface area contributed by atoms with Crippen LogP contribution in [0.2, 0.25) is 0 Å². The standard InChI is InChI=1S/C10H11FN2/c1-7(2)13-10-4-8(6-12)3-9(11)5-10/h3-5,7,13H,1-2H3. The molecule has 0 atom stereocenters. The highest BCUT2D eigenvalue weighted by Gasteiger charge is 2.00. The van der Waals surface area contributed by atoms with Crippen LogP contribution in [0.4, 0.5) is 10.1 Å². The molecule has 0 aromatic heterocycles. The van der Waals surface area contributed by atoms with Gasteiger partial charge in [-0.3, -0.25) is 0 Å². The van der Waals surface area contributed by atoms with E-state index in [0.717, 1.165) is 0 Å². The zero-order valence-electron chi connectivity index (χ0n) is 7.63. The topological polar surface area (TPSA) is 35.8 Å². The maximum Gasteiger partial charge on any atom is 0.126 e. The first-order chi connectivity index (χ1) is 6.11. The summed E-state index contributed by atoms with van der Waals surface area (Å²) < 4.78 is 12.9. The highest BCUT2D eigenvalue weighted by molar-refractivity contribution is 5.50. The van der Waals surface area contributed by atoms with Crippen molar-refractivity contribution < 1.29 is 4.39 Å². The average molecular weight is 178 g/mol. The second-order valence-electron chi connectivity index (χ2n) is 3.14. The molecule has 0 amide bonds. The SMILES string of the molecule is CC(C)Nc1cc(F)cc(C#N)c1. The molecule has 0 unspecified atom stereocenters.